The van der Waals surface area contributed by atoms with E-state index in [9.17, 15) is 5.11 Å². The van der Waals surface area contributed by atoms with Crippen LogP contribution >= 0.6 is 15.9 Å². The van der Waals surface area contributed by atoms with Crippen molar-refractivity contribution in [2.75, 3.05) is 13.2 Å². The molecule has 130 valence electrons. The van der Waals surface area contributed by atoms with Crippen molar-refractivity contribution in [2.45, 2.75) is 39.5 Å². The zero-order chi connectivity index (χ0) is 17.4. The van der Waals surface area contributed by atoms with E-state index in [2.05, 4.69) is 29.8 Å². The van der Waals surface area contributed by atoms with Gasteiger partial charge in [-0.3, -0.25) is 0 Å². The lowest BCUT2D eigenvalue weighted by Crippen LogP contribution is -2.05. The first-order valence-corrected chi connectivity index (χ1v) is 9.29. The largest absolute Gasteiger partial charge is 0.508 e. The number of benzene rings is 2. The minimum atomic E-state index is 0.318. The van der Waals surface area contributed by atoms with Crippen LogP contribution in [0.15, 0.2) is 40.9 Å². The SMILES string of the molecule is CCc1cc(O)cc(CC)c1OCCCCOc1ccc(Br)cc1. The number of rotatable bonds is 9. The second-order valence-electron chi connectivity index (χ2n) is 5.66. The van der Waals surface area contributed by atoms with Gasteiger partial charge in [-0.05, 0) is 73.2 Å². The maximum absolute atomic E-state index is 9.77. The van der Waals surface area contributed by atoms with E-state index in [1.807, 2.05) is 24.3 Å². The van der Waals surface area contributed by atoms with Crippen molar-refractivity contribution in [3.63, 3.8) is 0 Å². The Bertz CT molecular complexity index is 613. The lowest BCUT2D eigenvalue weighted by molar-refractivity contribution is 0.264. The minimum absolute atomic E-state index is 0.318. The maximum atomic E-state index is 9.77. The van der Waals surface area contributed by atoms with Crippen LogP contribution in [0.5, 0.6) is 17.2 Å². The lowest BCUT2D eigenvalue weighted by Gasteiger charge is -2.15. The molecule has 0 fully saturated rings. The fourth-order valence-electron chi connectivity index (χ4n) is 2.55. The van der Waals surface area contributed by atoms with Gasteiger partial charge < -0.3 is 14.6 Å². The van der Waals surface area contributed by atoms with Crippen LogP contribution in [0.2, 0.25) is 0 Å². The van der Waals surface area contributed by atoms with Crippen molar-refractivity contribution in [3.8, 4) is 17.2 Å². The van der Waals surface area contributed by atoms with E-state index in [0.29, 0.717) is 19.0 Å². The summed E-state index contributed by atoms with van der Waals surface area (Å²) in [7, 11) is 0. The van der Waals surface area contributed by atoms with Crippen LogP contribution in [0.25, 0.3) is 0 Å². The summed E-state index contributed by atoms with van der Waals surface area (Å²) < 4.78 is 12.8. The molecule has 2 aromatic rings. The Morgan fingerprint density at radius 2 is 1.42 bits per heavy atom. The molecule has 0 saturated carbocycles. The molecule has 2 rings (SSSR count). The zero-order valence-corrected chi connectivity index (χ0v) is 15.9. The number of ether oxygens (including phenoxy) is 2. The Morgan fingerprint density at radius 3 is 1.96 bits per heavy atom. The van der Waals surface area contributed by atoms with Crippen LogP contribution in [-0.4, -0.2) is 18.3 Å². The Kier molecular flexibility index (Phi) is 7.44. The van der Waals surface area contributed by atoms with Crippen molar-refractivity contribution in [1.29, 1.82) is 0 Å². The summed E-state index contributed by atoms with van der Waals surface area (Å²) in [6.07, 6.45) is 3.58. The van der Waals surface area contributed by atoms with Gasteiger partial charge in [0.1, 0.15) is 17.2 Å². The van der Waals surface area contributed by atoms with Crippen LogP contribution in [0.4, 0.5) is 0 Å². The van der Waals surface area contributed by atoms with E-state index in [1.54, 1.807) is 12.1 Å². The predicted molar refractivity (Wildman–Crippen MR) is 101 cm³/mol. The highest BCUT2D eigenvalue weighted by molar-refractivity contribution is 9.10. The predicted octanol–water partition coefficient (Wildman–Crippen LogP) is 5.52. The molecule has 0 aliphatic rings. The molecule has 0 heterocycles. The van der Waals surface area contributed by atoms with Gasteiger partial charge in [-0.25, -0.2) is 0 Å². The third kappa shape index (κ3) is 5.45. The fourth-order valence-corrected chi connectivity index (χ4v) is 2.81. The minimum Gasteiger partial charge on any atom is -0.508 e. The number of phenols is 1. The maximum Gasteiger partial charge on any atom is 0.125 e. The molecule has 3 nitrogen and oxygen atoms in total. The summed E-state index contributed by atoms with van der Waals surface area (Å²) in [6.45, 7) is 5.50. The fraction of sp³-hybridized carbons (Fsp3) is 0.400. The number of halogens is 1. The summed E-state index contributed by atoms with van der Waals surface area (Å²) in [5.41, 5.74) is 2.14. The molecule has 0 saturated heterocycles. The van der Waals surface area contributed by atoms with Crippen molar-refractivity contribution >= 4 is 15.9 Å². The number of unbranched alkanes of at least 4 members (excludes halogenated alkanes) is 1. The van der Waals surface area contributed by atoms with Crippen LogP contribution in [0, 0.1) is 0 Å². The molecule has 24 heavy (non-hydrogen) atoms. The van der Waals surface area contributed by atoms with Crippen LogP contribution in [-0.2, 0) is 12.8 Å². The molecular weight excluding hydrogens is 368 g/mol. The van der Waals surface area contributed by atoms with Crippen molar-refractivity contribution in [1.82, 2.24) is 0 Å². The molecule has 0 amide bonds. The molecule has 0 aliphatic carbocycles. The molecule has 0 atom stereocenters. The average molecular weight is 393 g/mol. The highest BCUT2D eigenvalue weighted by atomic mass is 79.9. The van der Waals surface area contributed by atoms with Crippen LogP contribution < -0.4 is 9.47 Å². The lowest BCUT2D eigenvalue weighted by atomic mass is 10.0. The van der Waals surface area contributed by atoms with Gasteiger partial charge in [0.2, 0.25) is 0 Å². The molecule has 0 radical (unpaired) electrons. The van der Waals surface area contributed by atoms with Crippen molar-refractivity contribution in [3.05, 3.63) is 52.0 Å². The Balaban J connectivity index is 1.77. The quantitative estimate of drug-likeness (QED) is 0.571. The normalized spacial score (nSPS) is 10.6. The third-order valence-electron chi connectivity index (χ3n) is 3.86. The molecular formula is C20H25BrO3. The second kappa shape index (κ2) is 9.58. The van der Waals surface area contributed by atoms with Crippen LogP contribution in [0.1, 0.15) is 37.8 Å². The Labute approximate surface area is 152 Å². The van der Waals surface area contributed by atoms with E-state index >= 15 is 0 Å². The summed E-state index contributed by atoms with van der Waals surface area (Å²) in [5.74, 6) is 2.14. The Morgan fingerprint density at radius 1 is 0.875 bits per heavy atom. The smallest absolute Gasteiger partial charge is 0.125 e. The monoisotopic (exact) mass is 392 g/mol. The zero-order valence-electron chi connectivity index (χ0n) is 14.3. The highest BCUT2D eigenvalue weighted by Gasteiger charge is 2.10. The summed E-state index contributed by atoms with van der Waals surface area (Å²) >= 11 is 3.41. The molecule has 0 spiro atoms. The van der Waals surface area contributed by atoms with E-state index in [1.165, 1.54) is 0 Å². The standard InChI is InChI=1S/C20H25BrO3/c1-3-15-13-18(22)14-16(4-2)20(15)24-12-6-5-11-23-19-9-7-17(21)8-10-19/h7-10,13-14,22H,3-6,11-12H2,1-2H3. The molecule has 2 aromatic carbocycles. The summed E-state index contributed by atoms with van der Waals surface area (Å²) in [4.78, 5) is 0. The summed E-state index contributed by atoms with van der Waals surface area (Å²) in [5, 5.41) is 9.77. The molecule has 0 aliphatic heterocycles. The highest BCUT2D eigenvalue weighted by Crippen LogP contribution is 2.30. The molecule has 1 N–H and O–H groups in total. The van der Waals surface area contributed by atoms with Crippen molar-refractivity contribution in [2.24, 2.45) is 0 Å². The summed E-state index contributed by atoms with van der Waals surface area (Å²) in [6, 6.07) is 11.5. The number of phenolic OH excluding ortho intramolecular Hbond substituents is 1. The molecule has 0 aromatic heterocycles. The van der Waals surface area contributed by atoms with E-state index in [-0.39, 0.29) is 0 Å². The topological polar surface area (TPSA) is 38.7 Å². The van der Waals surface area contributed by atoms with Gasteiger partial charge in [-0.1, -0.05) is 29.8 Å². The van der Waals surface area contributed by atoms with Gasteiger partial charge in [0, 0.05) is 4.47 Å². The van der Waals surface area contributed by atoms with Gasteiger partial charge in [0.05, 0.1) is 13.2 Å². The van der Waals surface area contributed by atoms with Gasteiger partial charge in [0.15, 0.2) is 0 Å². The second-order valence-corrected chi connectivity index (χ2v) is 6.57. The van der Waals surface area contributed by atoms with Crippen molar-refractivity contribution < 1.29 is 14.6 Å². The van der Waals surface area contributed by atoms with Gasteiger partial charge in [0.25, 0.3) is 0 Å². The molecule has 4 heteroatoms. The van der Waals surface area contributed by atoms with Gasteiger partial charge >= 0.3 is 0 Å². The van der Waals surface area contributed by atoms with E-state index in [0.717, 1.165) is 52.8 Å². The van der Waals surface area contributed by atoms with E-state index < -0.39 is 0 Å². The number of aromatic hydroxyl groups is 1. The van der Waals surface area contributed by atoms with E-state index in [4.69, 9.17) is 9.47 Å². The van der Waals surface area contributed by atoms with Gasteiger partial charge in [-0.2, -0.15) is 0 Å². The number of hydrogen-bond acceptors (Lipinski definition) is 3. The first-order chi connectivity index (χ1) is 11.6. The first-order valence-electron chi connectivity index (χ1n) is 8.50. The number of hydrogen-bond donors (Lipinski definition) is 1. The molecule has 0 unspecified atom stereocenters. The van der Waals surface area contributed by atoms with Gasteiger partial charge in [-0.15, -0.1) is 0 Å². The Hall–Kier alpha value is -1.68. The number of aryl methyl sites for hydroxylation is 2. The van der Waals surface area contributed by atoms with Crippen LogP contribution in [0.3, 0.4) is 0 Å². The third-order valence-corrected chi connectivity index (χ3v) is 4.39. The average Bonchev–Trinajstić information content (AvgIpc) is 2.59. The molecule has 0 bridgehead atoms. The first kappa shape index (κ1) is 18.7.